The second-order valence-corrected chi connectivity index (χ2v) is 7.99. The molecule has 1 unspecified atom stereocenters. The first-order valence-electron chi connectivity index (χ1n) is 10.7. The van der Waals surface area contributed by atoms with Crippen molar-refractivity contribution in [3.63, 3.8) is 0 Å². The lowest BCUT2D eigenvalue weighted by atomic mass is 9.93. The van der Waals surface area contributed by atoms with Crippen molar-refractivity contribution in [3.8, 4) is 5.75 Å². The zero-order valence-corrected chi connectivity index (χ0v) is 18.9. The molecule has 1 heterocycles. The third kappa shape index (κ3) is 5.68. The van der Waals surface area contributed by atoms with E-state index in [-0.39, 0.29) is 5.91 Å². The predicted molar refractivity (Wildman–Crippen MR) is 123 cm³/mol. The minimum Gasteiger partial charge on any atom is -0.497 e. The molecule has 2 aromatic rings. The first kappa shape index (κ1) is 23.8. The van der Waals surface area contributed by atoms with Crippen LogP contribution in [0.4, 0.5) is 10.5 Å². The maximum Gasteiger partial charge on any atom is 0.325 e. The Labute approximate surface area is 192 Å². The second-order valence-electron chi connectivity index (χ2n) is 7.99. The number of amides is 5. The van der Waals surface area contributed by atoms with Gasteiger partial charge in [-0.15, -0.1) is 0 Å². The highest BCUT2D eigenvalue weighted by Crippen LogP contribution is 2.24. The quantitative estimate of drug-likeness (QED) is 0.505. The van der Waals surface area contributed by atoms with E-state index in [1.54, 1.807) is 32.2 Å². The number of nitrogens with zero attached hydrogens (tertiary/aromatic N) is 1. The summed E-state index contributed by atoms with van der Waals surface area (Å²) < 4.78 is 5.15. The Morgan fingerprint density at radius 3 is 2.52 bits per heavy atom. The number of imide groups is 1. The molecule has 3 rings (SSSR count). The van der Waals surface area contributed by atoms with Crippen LogP contribution in [0.15, 0.2) is 48.5 Å². The zero-order valence-electron chi connectivity index (χ0n) is 18.9. The molecule has 1 aliphatic heterocycles. The molecule has 1 fully saturated rings. The van der Waals surface area contributed by atoms with Gasteiger partial charge in [0, 0.05) is 17.8 Å². The summed E-state index contributed by atoms with van der Waals surface area (Å²) in [6.45, 7) is 3.53. The molecule has 3 N–H and O–H groups in total. The molecule has 0 radical (unpaired) electrons. The molecule has 0 aliphatic carbocycles. The molecule has 33 heavy (non-hydrogen) atoms. The lowest BCUT2D eigenvalue weighted by Crippen LogP contribution is -2.45. The topological polar surface area (TPSA) is 117 Å². The monoisotopic (exact) mass is 452 g/mol. The number of methoxy groups -OCH3 is 1. The van der Waals surface area contributed by atoms with Gasteiger partial charge < -0.3 is 20.7 Å². The van der Waals surface area contributed by atoms with Crippen molar-refractivity contribution in [1.82, 2.24) is 15.5 Å². The van der Waals surface area contributed by atoms with Crippen LogP contribution < -0.4 is 20.7 Å². The molecular formula is C24H28N4O5. The summed E-state index contributed by atoms with van der Waals surface area (Å²) in [4.78, 5) is 50.8. The summed E-state index contributed by atoms with van der Waals surface area (Å²) in [5, 5.41) is 8.04. The van der Waals surface area contributed by atoms with Crippen molar-refractivity contribution < 1.29 is 23.9 Å². The van der Waals surface area contributed by atoms with E-state index in [4.69, 9.17) is 4.74 Å². The summed E-state index contributed by atoms with van der Waals surface area (Å²) in [5.74, 6) is -0.502. The fourth-order valence-corrected chi connectivity index (χ4v) is 3.59. The summed E-state index contributed by atoms with van der Waals surface area (Å²) >= 11 is 0. The number of hydrogen-bond donors (Lipinski definition) is 3. The van der Waals surface area contributed by atoms with Crippen LogP contribution in [0.3, 0.4) is 0 Å². The van der Waals surface area contributed by atoms with Crippen molar-refractivity contribution in [1.29, 1.82) is 0 Å². The van der Waals surface area contributed by atoms with Gasteiger partial charge in [0.2, 0.25) is 5.91 Å². The van der Waals surface area contributed by atoms with Crippen molar-refractivity contribution in [2.45, 2.75) is 32.2 Å². The summed E-state index contributed by atoms with van der Waals surface area (Å²) in [6.07, 6.45) is 0.954. The normalized spacial score (nSPS) is 17.5. The van der Waals surface area contributed by atoms with Crippen LogP contribution in [0.25, 0.3) is 0 Å². The van der Waals surface area contributed by atoms with E-state index < -0.39 is 29.9 Å². The van der Waals surface area contributed by atoms with E-state index in [0.29, 0.717) is 30.6 Å². The maximum absolute atomic E-state index is 13.0. The molecule has 174 valence electrons. The molecule has 0 aromatic heterocycles. The third-order valence-corrected chi connectivity index (χ3v) is 5.47. The second kappa shape index (κ2) is 10.2. The van der Waals surface area contributed by atoms with Crippen molar-refractivity contribution in [2.24, 2.45) is 0 Å². The van der Waals surface area contributed by atoms with Gasteiger partial charge in [-0.3, -0.25) is 19.3 Å². The molecule has 0 spiro atoms. The van der Waals surface area contributed by atoms with Gasteiger partial charge in [-0.1, -0.05) is 18.2 Å². The van der Waals surface area contributed by atoms with Gasteiger partial charge in [0.15, 0.2) is 0 Å². The molecule has 0 saturated carbocycles. The molecule has 0 bridgehead atoms. The highest BCUT2D eigenvalue weighted by atomic mass is 16.5. The van der Waals surface area contributed by atoms with Gasteiger partial charge in [0.05, 0.1) is 7.11 Å². The minimum atomic E-state index is -1.10. The number of aryl methyl sites for hydroxylation is 1. The summed E-state index contributed by atoms with van der Waals surface area (Å²) in [7, 11) is 1.59. The molecule has 9 nitrogen and oxygen atoms in total. The Morgan fingerprint density at radius 1 is 1.12 bits per heavy atom. The predicted octanol–water partition coefficient (Wildman–Crippen LogP) is 2.33. The number of ether oxygens (including phenoxy) is 1. The van der Waals surface area contributed by atoms with Crippen molar-refractivity contribution >= 4 is 29.4 Å². The number of carbonyl (C=O) groups is 4. The number of rotatable bonds is 9. The van der Waals surface area contributed by atoms with Gasteiger partial charge in [-0.25, -0.2) is 4.79 Å². The standard InChI is InChI=1S/C24H28N4O5/c1-4-25-21(30)17-6-5-7-18(14-17)26-20(29)15-28-22(31)24(2,27-23(28)32)13-12-16-8-10-19(33-3)11-9-16/h5-11,14H,4,12-13,15H2,1-3H3,(H,25,30)(H,26,29)(H,27,32). The van der Waals surface area contributed by atoms with E-state index in [9.17, 15) is 19.2 Å². The number of carbonyl (C=O) groups excluding carboxylic acids is 4. The Bertz CT molecular complexity index is 1050. The average molecular weight is 453 g/mol. The van der Waals surface area contributed by atoms with Crippen LogP contribution in [0.2, 0.25) is 0 Å². The van der Waals surface area contributed by atoms with Gasteiger partial charge in [0.1, 0.15) is 17.8 Å². The number of hydrogen-bond acceptors (Lipinski definition) is 5. The van der Waals surface area contributed by atoms with Crippen LogP contribution >= 0.6 is 0 Å². The van der Waals surface area contributed by atoms with Crippen LogP contribution in [-0.4, -0.2) is 54.4 Å². The minimum absolute atomic E-state index is 0.254. The fraction of sp³-hybridized carbons (Fsp3) is 0.333. The van der Waals surface area contributed by atoms with Crippen molar-refractivity contribution in [2.75, 3.05) is 25.5 Å². The molecule has 2 aromatic carbocycles. The third-order valence-electron chi connectivity index (χ3n) is 5.47. The maximum atomic E-state index is 13.0. The number of anilines is 1. The van der Waals surface area contributed by atoms with Crippen LogP contribution in [-0.2, 0) is 16.0 Å². The number of benzene rings is 2. The Balaban J connectivity index is 1.60. The molecule has 1 aliphatic rings. The lowest BCUT2D eigenvalue weighted by molar-refractivity contribution is -0.133. The number of nitrogens with one attached hydrogen (secondary N) is 3. The Hall–Kier alpha value is -3.88. The van der Waals surface area contributed by atoms with Gasteiger partial charge in [0.25, 0.3) is 11.8 Å². The van der Waals surface area contributed by atoms with Gasteiger partial charge >= 0.3 is 6.03 Å². The van der Waals surface area contributed by atoms with E-state index >= 15 is 0 Å². The molecular weight excluding hydrogens is 424 g/mol. The summed E-state index contributed by atoms with van der Waals surface area (Å²) in [6, 6.07) is 13.3. The smallest absolute Gasteiger partial charge is 0.325 e. The Morgan fingerprint density at radius 2 is 1.85 bits per heavy atom. The summed E-state index contributed by atoms with van der Waals surface area (Å²) in [5.41, 5.74) is 0.700. The van der Waals surface area contributed by atoms with E-state index in [1.165, 1.54) is 6.07 Å². The van der Waals surface area contributed by atoms with Crippen LogP contribution in [0, 0.1) is 0 Å². The van der Waals surface area contributed by atoms with E-state index in [0.717, 1.165) is 16.2 Å². The molecule has 1 saturated heterocycles. The highest BCUT2D eigenvalue weighted by Gasteiger charge is 2.47. The van der Waals surface area contributed by atoms with Gasteiger partial charge in [-0.05, 0) is 62.6 Å². The average Bonchev–Trinajstić information content (AvgIpc) is 3.01. The van der Waals surface area contributed by atoms with Crippen molar-refractivity contribution in [3.05, 3.63) is 59.7 Å². The van der Waals surface area contributed by atoms with Crippen LogP contribution in [0.5, 0.6) is 5.75 Å². The van der Waals surface area contributed by atoms with E-state index in [1.807, 2.05) is 31.2 Å². The SMILES string of the molecule is CCNC(=O)c1cccc(NC(=O)CN2C(=O)NC(C)(CCc3ccc(OC)cc3)C2=O)c1. The van der Waals surface area contributed by atoms with Gasteiger partial charge in [-0.2, -0.15) is 0 Å². The lowest BCUT2D eigenvalue weighted by Gasteiger charge is -2.21. The number of urea groups is 1. The Kier molecular flexibility index (Phi) is 7.32. The molecule has 1 atom stereocenters. The molecule has 5 amide bonds. The first-order valence-corrected chi connectivity index (χ1v) is 10.7. The largest absolute Gasteiger partial charge is 0.497 e. The van der Waals surface area contributed by atoms with E-state index in [2.05, 4.69) is 16.0 Å². The van der Waals surface area contributed by atoms with Crippen LogP contribution in [0.1, 0.15) is 36.2 Å². The zero-order chi connectivity index (χ0) is 24.0. The fourth-order valence-electron chi connectivity index (χ4n) is 3.59. The highest BCUT2D eigenvalue weighted by molar-refractivity contribution is 6.10. The first-order chi connectivity index (χ1) is 15.8. The molecule has 9 heteroatoms.